The maximum absolute atomic E-state index is 4.68. The van der Waals surface area contributed by atoms with Crippen LogP contribution >= 0.6 is 0 Å². The number of aromatic nitrogens is 2. The fourth-order valence-corrected chi connectivity index (χ4v) is 2.77. The number of anilines is 1. The van der Waals surface area contributed by atoms with E-state index in [1.54, 1.807) is 0 Å². The van der Waals surface area contributed by atoms with Gasteiger partial charge in [0.15, 0.2) is 0 Å². The van der Waals surface area contributed by atoms with Crippen molar-refractivity contribution in [1.82, 2.24) is 14.5 Å². The third-order valence-electron chi connectivity index (χ3n) is 4.60. The van der Waals surface area contributed by atoms with Crippen molar-refractivity contribution >= 4 is 5.95 Å². The lowest BCUT2D eigenvalue weighted by Crippen LogP contribution is -2.42. The highest BCUT2D eigenvalue weighted by molar-refractivity contribution is 5.30. The molecule has 1 fully saturated rings. The summed E-state index contributed by atoms with van der Waals surface area (Å²) in [6.45, 7) is 7.57. The SMILES string of the molecule is Cc1cn(CC(C)(C)N(C)C)c(NC2CCCCC2)n1. The largest absolute Gasteiger partial charge is 0.353 e. The van der Waals surface area contributed by atoms with E-state index in [2.05, 4.69) is 60.8 Å². The van der Waals surface area contributed by atoms with Gasteiger partial charge in [-0.25, -0.2) is 4.98 Å². The Morgan fingerprint density at radius 1 is 1.30 bits per heavy atom. The van der Waals surface area contributed by atoms with Gasteiger partial charge in [0.2, 0.25) is 5.95 Å². The van der Waals surface area contributed by atoms with Crippen LogP contribution in [0.3, 0.4) is 0 Å². The highest BCUT2D eigenvalue weighted by Crippen LogP contribution is 2.23. The van der Waals surface area contributed by atoms with Gasteiger partial charge in [-0.15, -0.1) is 0 Å². The van der Waals surface area contributed by atoms with Crippen LogP contribution in [0.5, 0.6) is 0 Å². The Labute approximate surface area is 123 Å². The first kappa shape index (κ1) is 15.4. The minimum Gasteiger partial charge on any atom is -0.353 e. The molecule has 1 heterocycles. The van der Waals surface area contributed by atoms with Gasteiger partial charge >= 0.3 is 0 Å². The summed E-state index contributed by atoms with van der Waals surface area (Å²) in [5.74, 6) is 1.05. The zero-order valence-corrected chi connectivity index (χ0v) is 13.7. The van der Waals surface area contributed by atoms with Gasteiger partial charge in [0.05, 0.1) is 5.69 Å². The van der Waals surface area contributed by atoms with Crippen molar-refractivity contribution in [3.63, 3.8) is 0 Å². The number of likely N-dealkylation sites (N-methyl/N-ethyl adjacent to an activating group) is 1. The second kappa shape index (κ2) is 6.17. The van der Waals surface area contributed by atoms with Crippen molar-refractivity contribution in [3.05, 3.63) is 11.9 Å². The maximum atomic E-state index is 4.68. The average Bonchev–Trinajstić information content (AvgIpc) is 2.69. The summed E-state index contributed by atoms with van der Waals surface area (Å²) in [5.41, 5.74) is 1.22. The number of nitrogens with zero attached hydrogens (tertiary/aromatic N) is 3. The first-order valence-corrected chi connectivity index (χ1v) is 7.86. The summed E-state index contributed by atoms with van der Waals surface area (Å²) in [4.78, 5) is 6.95. The summed E-state index contributed by atoms with van der Waals surface area (Å²) in [7, 11) is 4.27. The van der Waals surface area contributed by atoms with Crippen molar-refractivity contribution in [2.45, 2.75) is 71.0 Å². The van der Waals surface area contributed by atoms with Crippen LogP contribution in [0, 0.1) is 6.92 Å². The molecule has 1 N–H and O–H groups in total. The van der Waals surface area contributed by atoms with Gasteiger partial charge in [0.25, 0.3) is 0 Å². The van der Waals surface area contributed by atoms with E-state index in [0.29, 0.717) is 6.04 Å². The van der Waals surface area contributed by atoms with E-state index in [1.807, 2.05) is 0 Å². The smallest absolute Gasteiger partial charge is 0.203 e. The predicted molar refractivity (Wildman–Crippen MR) is 85.2 cm³/mol. The van der Waals surface area contributed by atoms with Gasteiger partial charge < -0.3 is 14.8 Å². The van der Waals surface area contributed by atoms with Crippen LogP contribution in [0.25, 0.3) is 0 Å². The zero-order chi connectivity index (χ0) is 14.8. The van der Waals surface area contributed by atoms with Gasteiger partial charge in [-0.05, 0) is 47.7 Å². The van der Waals surface area contributed by atoms with Gasteiger partial charge in [-0.3, -0.25) is 0 Å². The van der Waals surface area contributed by atoms with Crippen molar-refractivity contribution in [3.8, 4) is 0 Å². The first-order chi connectivity index (χ1) is 9.38. The van der Waals surface area contributed by atoms with Crippen LogP contribution in [-0.2, 0) is 6.54 Å². The number of hydrogen-bond donors (Lipinski definition) is 1. The lowest BCUT2D eigenvalue weighted by molar-refractivity contribution is 0.170. The van der Waals surface area contributed by atoms with E-state index in [-0.39, 0.29) is 5.54 Å². The van der Waals surface area contributed by atoms with Crippen molar-refractivity contribution in [2.24, 2.45) is 0 Å². The van der Waals surface area contributed by atoms with E-state index < -0.39 is 0 Å². The van der Waals surface area contributed by atoms with Crippen LogP contribution in [0.15, 0.2) is 6.20 Å². The molecule has 0 amide bonds. The number of aryl methyl sites for hydroxylation is 1. The molecule has 0 bridgehead atoms. The normalized spacial score (nSPS) is 17.7. The summed E-state index contributed by atoms with van der Waals surface area (Å²) in [5, 5.41) is 3.67. The first-order valence-electron chi connectivity index (χ1n) is 7.86. The fraction of sp³-hybridized carbons (Fsp3) is 0.812. The van der Waals surface area contributed by atoms with Crippen LogP contribution in [0.1, 0.15) is 51.6 Å². The Morgan fingerprint density at radius 2 is 1.95 bits per heavy atom. The third kappa shape index (κ3) is 3.75. The lowest BCUT2D eigenvalue weighted by Gasteiger charge is -2.33. The van der Waals surface area contributed by atoms with Crippen LogP contribution in [0.2, 0.25) is 0 Å². The molecule has 0 saturated heterocycles. The Morgan fingerprint density at radius 3 is 2.55 bits per heavy atom. The van der Waals surface area contributed by atoms with Crippen LogP contribution in [0.4, 0.5) is 5.95 Å². The molecule has 0 aromatic carbocycles. The predicted octanol–water partition coefficient (Wildman–Crippen LogP) is 3.28. The number of imidazole rings is 1. The molecule has 4 nitrogen and oxygen atoms in total. The summed E-state index contributed by atoms with van der Waals surface area (Å²) >= 11 is 0. The Bertz CT molecular complexity index is 428. The third-order valence-corrected chi connectivity index (χ3v) is 4.60. The highest BCUT2D eigenvalue weighted by Gasteiger charge is 2.23. The van der Waals surface area contributed by atoms with Crippen LogP contribution in [-0.4, -0.2) is 40.1 Å². The molecule has 0 spiro atoms. The molecule has 1 aromatic heterocycles. The van der Waals surface area contributed by atoms with Crippen molar-refractivity contribution in [2.75, 3.05) is 19.4 Å². The Kier molecular flexibility index (Phi) is 4.74. The summed E-state index contributed by atoms with van der Waals surface area (Å²) in [6, 6.07) is 0.603. The maximum Gasteiger partial charge on any atom is 0.203 e. The highest BCUT2D eigenvalue weighted by atomic mass is 15.2. The van der Waals surface area contributed by atoms with Gasteiger partial charge in [-0.2, -0.15) is 0 Å². The molecule has 0 aliphatic heterocycles. The Hall–Kier alpha value is -1.03. The van der Waals surface area contributed by atoms with Gasteiger partial charge in [0.1, 0.15) is 0 Å². The number of rotatable bonds is 5. The molecule has 0 unspecified atom stereocenters. The molecule has 0 atom stereocenters. The molecule has 1 aliphatic rings. The van der Waals surface area contributed by atoms with Crippen molar-refractivity contribution < 1.29 is 0 Å². The van der Waals surface area contributed by atoms with E-state index in [1.165, 1.54) is 32.1 Å². The molecule has 20 heavy (non-hydrogen) atoms. The quantitative estimate of drug-likeness (QED) is 0.897. The Balaban J connectivity index is 2.09. The molecule has 1 aliphatic carbocycles. The van der Waals surface area contributed by atoms with Gasteiger partial charge in [-0.1, -0.05) is 19.3 Å². The summed E-state index contributed by atoms with van der Waals surface area (Å²) < 4.78 is 2.28. The average molecular weight is 278 g/mol. The number of hydrogen-bond acceptors (Lipinski definition) is 3. The molecular weight excluding hydrogens is 248 g/mol. The van der Waals surface area contributed by atoms with Gasteiger partial charge in [0, 0.05) is 24.3 Å². The van der Waals surface area contributed by atoms with Crippen LogP contribution < -0.4 is 5.32 Å². The molecule has 1 saturated carbocycles. The zero-order valence-electron chi connectivity index (χ0n) is 13.7. The minimum absolute atomic E-state index is 0.121. The topological polar surface area (TPSA) is 33.1 Å². The lowest BCUT2D eigenvalue weighted by atomic mass is 9.96. The number of nitrogens with one attached hydrogen (secondary N) is 1. The summed E-state index contributed by atoms with van der Waals surface area (Å²) in [6.07, 6.45) is 8.81. The second-order valence-electron chi connectivity index (χ2n) is 7.02. The molecule has 1 aromatic rings. The van der Waals surface area contributed by atoms with E-state index >= 15 is 0 Å². The van der Waals surface area contributed by atoms with E-state index in [0.717, 1.165) is 18.2 Å². The van der Waals surface area contributed by atoms with E-state index in [4.69, 9.17) is 0 Å². The minimum atomic E-state index is 0.121. The standard InChI is InChI=1S/C16H30N4/c1-13-11-20(12-16(2,3)19(4)5)15(17-13)18-14-9-7-6-8-10-14/h11,14H,6-10,12H2,1-5H3,(H,17,18). The fourth-order valence-electron chi connectivity index (χ4n) is 2.77. The van der Waals surface area contributed by atoms with E-state index in [9.17, 15) is 0 Å². The monoisotopic (exact) mass is 278 g/mol. The molecule has 0 radical (unpaired) electrons. The second-order valence-corrected chi connectivity index (χ2v) is 7.02. The molecule has 2 rings (SSSR count). The molecule has 114 valence electrons. The molecule has 4 heteroatoms. The molecular formula is C16H30N4. The van der Waals surface area contributed by atoms with Crippen molar-refractivity contribution in [1.29, 1.82) is 0 Å².